The second-order valence-electron chi connectivity index (χ2n) is 9.90. The summed E-state index contributed by atoms with van der Waals surface area (Å²) in [6.07, 6.45) is 1.25. The molecule has 8 heteroatoms. The standard InChI is InChI=1S/C28H31N3O5/c1-5-30-21-10-7-6-9-20(21)28(27(30)35)23(25(33)26(34)31(28)14-8-13-29(3)4)24(32)18-11-12-22-19(16-18)15-17(2)36-22/h6-7,9-12,16-17,32H,5,8,13-15H2,1-4H3/t17-,28+/m0/s1. The summed E-state index contributed by atoms with van der Waals surface area (Å²) in [5, 5.41) is 11.6. The van der Waals surface area contributed by atoms with Gasteiger partial charge >= 0.3 is 0 Å². The molecule has 0 bridgehead atoms. The van der Waals surface area contributed by atoms with Gasteiger partial charge in [0, 0.05) is 30.6 Å². The summed E-state index contributed by atoms with van der Waals surface area (Å²) in [6, 6.07) is 12.4. The third-order valence-electron chi connectivity index (χ3n) is 7.28. The van der Waals surface area contributed by atoms with Gasteiger partial charge in [0.1, 0.15) is 17.6 Å². The van der Waals surface area contributed by atoms with Crippen molar-refractivity contribution in [2.45, 2.75) is 38.3 Å². The number of carbonyl (C=O) groups excluding carboxylic acids is 3. The van der Waals surface area contributed by atoms with Crippen LogP contribution in [0.25, 0.3) is 5.76 Å². The molecule has 0 radical (unpaired) electrons. The smallest absolute Gasteiger partial charge is 0.296 e. The van der Waals surface area contributed by atoms with E-state index in [-0.39, 0.29) is 24.0 Å². The van der Waals surface area contributed by atoms with Gasteiger partial charge in [-0.2, -0.15) is 0 Å². The summed E-state index contributed by atoms with van der Waals surface area (Å²) in [7, 11) is 3.86. The van der Waals surface area contributed by atoms with Gasteiger partial charge in [0.15, 0.2) is 5.54 Å². The number of rotatable bonds is 6. The van der Waals surface area contributed by atoms with Crippen LogP contribution in [-0.2, 0) is 26.3 Å². The van der Waals surface area contributed by atoms with Crippen molar-refractivity contribution in [3.8, 4) is 5.75 Å². The van der Waals surface area contributed by atoms with Crippen LogP contribution in [0.1, 0.15) is 37.0 Å². The van der Waals surface area contributed by atoms with Gasteiger partial charge in [-0.25, -0.2) is 0 Å². The Balaban J connectivity index is 1.74. The van der Waals surface area contributed by atoms with Crippen molar-refractivity contribution in [2.75, 3.05) is 38.6 Å². The van der Waals surface area contributed by atoms with Crippen LogP contribution in [0.3, 0.4) is 0 Å². The predicted octanol–water partition coefficient (Wildman–Crippen LogP) is 2.90. The van der Waals surface area contributed by atoms with Gasteiger partial charge < -0.3 is 24.5 Å². The molecule has 3 aliphatic rings. The average molecular weight is 490 g/mol. The van der Waals surface area contributed by atoms with Crippen LogP contribution in [0, 0.1) is 0 Å². The maximum atomic E-state index is 14.2. The van der Waals surface area contributed by atoms with Crippen molar-refractivity contribution < 1.29 is 24.2 Å². The van der Waals surface area contributed by atoms with Gasteiger partial charge in [-0.05, 0) is 70.7 Å². The lowest BCUT2D eigenvalue weighted by Crippen LogP contribution is -2.52. The van der Waals surface area contributed by atoms with Gasteiger partial charge in [0.05, 0.1) is 11.3 Å². The molecular weight excluding hydrogens is 458 g/mol. The number of carbonyl (C=O) groups is 3. The Morgan fingerprint density at radius 2 is 1.92 bits per heavy atom. The summed E-state index contributed by atoms with van der Waals surface area (Å²) in [5.41, 5.74) is 0.608. The average Bonchev–Trinajstić information content (AvgIpc) is 3.42. The third-order valence-corrected chi connectivity index (χ3v) is 7.28. The number of likely N-dealkylation sites (N-methyl/N-ethyl adjacent to an activating group) is 1. The number of Topliss-reactive ketones (excluding diaryl/α,β-unsaturated/α-hetero) is 1. The first-order valence-corrected chi connectivity index (χ1v) is 12.4. The Morgan fingerprint density at radius 1 is 1.17 bits per heavy atom. The molecule has 1 saturated heterocycles. The van der Waals surface area contributed by atoms with Crippen LogP contribution in [0.15, 0.2) is 48.0 Å². The Morgan fingerprint density at radius 3 is 2.64 bits per heavy atom. The van der Waals surface area contributed by atoms with Crippen LogP contribution in [0.2, 0.25) is 0 Å². The van der Waals surface area contributed by atoms with E-state index in [9.17, 15) is 19.5 Å². The summed E-state index contributed by atoms with van der Waals surface area (Å²) in [5.74, 6) is -1.61. The number of aliphatic hydroxyl groups is 1. The van der Waals surface area contributed by atoms with E-state index in [0.29, 0.717) is 42.7 Å². The number of para-hydroxylation sites is 1. The Kier molecular flexibility index (Phi) is 5.87. The molecule has 188 valence electrons. The molecule has 1 spiro atoms. The molecule has 1 fully saturated rings. The first-order valence-electron chi connectivity index (χ1n) is 12.4. The molecule has 0 unspecified atom stereocenters. The topological polar surface area (TPSA) is 90.4 Å². The minimum atomic E-state index is -1.71. The number of benzene rings is 2. The lowest BCUT2D eigenvalue weighted by molar-refractivity contribution is -0.143. The molecule has 2 aromatic carbocycles. The van der Waals surface area contributed by atoms with E-state index in [2.05, 4.69) is 0 Å². The normalized spacial score (nSPS) is 24.1. The van der Waals surface area contributed by atoms with Gasteiger partial charge in [-0.1, -0.05) is 18.2 Å². The molecule has 1 N–H and O–H groups in total. The van der Waals surface area contributed by atoms with Crippen LogP contribution < -0.4 is 9.64 Å². The minimum absolute atomic E-state index is 0.0136. The minimum Gasteiger partial charge on any atom is -0.507 e. The Hall–Kier alpha value is -3.65. The lowest BCUT2D eigenvalue weighted by Gasteiger charge is -2.34. The molecule has 5 rings (SSSR count). The highest BCUT2D eigenvalue weighted by Gasteiger charge is 2.66. The van der Waals surface area contributed by atoms with E-state index in [0.717, 1.165) is 11.3 Å². The second kappa shape index (κ2) is 8.78. The number of hydrogen-bond acceptors (Lipinski definition) is 6. The highest BCUT2D eigenvalue weighted by molar-refractivity contribution is 6.50. The largest absolute Gasteiger partial charge is 0.507 e. The molecular formula is C28H31N3O5. The zero-order valence-corrected chi connectivity index (χ0v) is 21.1. The van der Waals surface area contributed by atoms with Crippen LogP contribution in [-0.4, -0.2) is 72.3 Å². The number of aliphatic hydroxyl groups excluding tert-OH is 1. The molecule has 8 nitrogen and oxygen atoms in total. The highest BCUT2D eigenvalue weighted by atomic mass is 16.5. The van der Waals surface area contributed by atoms with Gasteiger partial charge in [-0.3, -0.25) is 14.4 Å². The molecule has 0 aliphatic carbocycles. The summed E-state index contributed by atoms with van der Waals surface area (Å²) >= 11 is 0. The van der Waals surface area contributed by atoms with Crippen LogP contribution in [0.4, 0.5) is 5.69 Å². The molecule has 3 aliphatic heterocycles. The van der Waals surface area contributed by atoms with E-state index < -0.39 is 23.1 Å². The number of ether oxygens (including phenoxy) is 1. The molecule has 2 aromatic rings. The van der Waals surface area contributed by atoms with Crippen molar-refractivity contribution in [3.05, 3.63) is 64.7 Å². The lowest BCUT2D eigenvalue weighted by atomic mass is 9.81. The molecule has 3 heterocycles. The summed E-state index contributed by atoms with van der Waals surface area (Å²) in [6.45, 7) is 5.06. The first-order chi connectivity index (χ1) is 17.2. The molecule has 0 saturated carbocycles. The monoisotopic (exact) mass is 489 g/mol. The molecule has 2 atom stereocenters. The van der Waals surface area contributed by atoms with Gasteiger partial charge in [0.25, 0.3) is 17.6 Å². The maximum absolute atomic E-state index is 14.2. The van der Waals surface area contributed by atoms with Crippen molar-refractivity contribution in [1.29, 1.82) is 0 Å². The van der Waals surface area contributed by atoms with Crippen molar-refractivity contribution in [2.24, 2.45) is 0 Å². The fourth-order valence-electron chi connectivity index (χ4n) is 5.74. The zero-order chi connectivity index (χ0) is 25.8. The van der Waals surface area contributed by atoms with E-state index in [1.807, 2.05) is 45.0 Å². The number of nitrogens with zero attached hydrogens (tertiary/aromatic N) is 3. The van der Waals surface area contributed by atoms with Gasteiger partial charge in [0.2, 0.25) is 0 Å². The maximum Gasteiger partial charge on any atom is 0.296 e. The van der Waals surface area contributed by atoms with Crippen LogP contribution >= 0.6 is 0 Å². The highest BCUT2D eigenvalue weighted by Crippen LogP contribution is 2.53. The molecule has 2 amide bonds. The van der Waals surface area contributed by atoms with Crippen molar-refractivity contribution in [1.82, 2.24) is 9.80 Å². The quantitative estimate of drug-likeness (QED) is 0.381. The number of fused-ring (bicyclic) bond motifs is 3. The SMILES string of the molecule is CCN1C(=O)[C@]2(C(=C(O)c3ccc4c(c3)C[C@H](C)O4)C(=O)C(=O)N2CCCN(C)C)c2ccccc21. The fourth-order valence-corrected chi connectivity index (χ4v) is 5.74. The third kappa shape index (κ3) is 3.35. The number of hydrogen-bond donors (Lipinski definition) is 1. The fraction of sp³-hybridized carbons (Fsp3) is 0.393. The van der Waals surface area contributed by atoms with E-state index >= 15 is 0 Å². The molecule has 0 aromatic heterocycles. The van der Waals surface area contributed by atoms with E-state index in [1.165, 1.54) is 4.90 Å². The number of anilines is 1. The van der Waals surface area contributed by atoms with Crippen molar-refractivity contribution >= 4 is 29.0 Å². The predicted molar refractivity (Wildman–Crippen MR) is 136 cm³/mol. The van der Waals surface area contributed by atoms with Crippen molar-refractivity contribution in [3.63, 3.8) is 0 Å². The number of ketones is 1. The second-order valence-corrected chi connectivity index (χ2v) is 9.90. The van der Waals surface area contributed by atoms with Crippen LogP contribution in [0.5, 0.6) is 5.75 Å². The van der Waals surface area contributed by atoms with E-state index in [1.54, 1.807) is 35.2 Å². The number of likely N-dealkylation sites (tertiary alicyclic amines) is 1. The first kappa shape index (κ1) is 24.1. The Bertz CT molecular complexity index is 1300. The van der Waals surface area contributed by atoms with E-state index in [4.69, 9.17) is 4.74 Å². The molecule has 36 heavy (non-hydrogen) atoms. The summed E-state index contributed by atoms with van der Waals surface area (Å²) in [4.78, 5) is 46.3. The zero-order valence-electron chi connectivity index (χ0n) is 21.1. The number of amides is 2. The Labute approximate surface area is 210 Å². The van der Waals surface area contributed by atoms with Gasteiger partial charge in [-0.15, -0.1) is 0 Å². The summed E-state index contributed by atoms with van der Waals surface area (Å²) < 4.78 is 5.78.